The number of nitrogen functional groups attached to an aromatic ring is 1. The van der Waals surface area contributed by atoms with Crippen molar-refractivity contribution in [1.82, 2.24) is 5.16 Å². The van der Waals surface area contributed by atoms with Gasteiger partial charge in [0.1, 0.15) is 17.4 Å². The van der Waals surface area contributed by atoms with E-state index in [4.69, 9.17) is 19.9 Å². The Labute approximate surface area is 79.7 Å². The Bertz CT molecular complexity index is 504. The topological polar surface area (TPSA) is 89.0 Å². The maximum absolute atomic E-state index is 8.78. The van der Waals surface area contributed by atoms with E-state index in [-0.39, 0.29) is 17.1 Å². The molecule has 0 saturated carbocycles. The maximum Gasteiger partial charge on any atom is 0.222 e. The SMILES string of the molecule is Cc1ccc(-c2onc(N)c2C#N)o1. The Morgan fingerprint density at radius 2 is 2.29 bits per heavy atom. The highest BCUT2D eigenvalue weighted by Crippen LogP contribution is 2.28. The number of rotatable bonds is 1. The summed E-state index contributed by atoms with van der Waals surface area (Å²) in [5, 5.41) is 12.3. The van der Waals surface area contributed by atoms with E-state index in [1.807, 2.05) is 6.07 Å². The number of anilines is 1. The first-order valence-electron chi connectivity index (χ1n) is 3.94. The summed E-state index contributed by atoms with van der Waals surface area (Å²) < 4.78 is 10.2. The summed E-state index contributed by atoms with van der Waals surface area (Å²) in [6, 6.07) is 5.39. The molecule has 0 spiro atoms. The molecule has 2 aromatic heterocycles. The van der Waals surface area contributed by atoms with Crippen LogP contribution in [-0.2, 0) is 0 Å². The second-order valence-electron chi connectivity index (χ2n) is 2.79. The zero-order valence-corrected chi connectivity index (χ0v) is 7.44. The molecule has 0 aromatic carbocycles. The fourth-order valence-corrected chi connectivity index (χ4v) is 1.14. The molecule has 0 fully saturated rings. The van der Waals surface area contributed by atoms with E-state index < -0.39 is 0 Å². The van der Waals surface area contributed by atoms with Crippen LogP contribution in [0.3, 0.4) is 0 Å². The second kappa shape index (κ2) is 2.92. The Hall–Kier alpha value is -2.22. The van der Waals surface area contributed by atoms with Crippen LogP contribution in [0.25, 0.3) is 11.5 Å². The minimum absolute atomic E-state index is 0.0801. The monoisotopic (exact) mass is 189 g/mol. The van der Waals surface area contributed by atoms with Crippen LogP contribution >= 0.6 is 0 Å². The highest BCUT2D eigenvalue weighted by molar-refractivity contribution is 5.66. The molecule has 0 unspecified atom stereocenters. The van der Waals surface area contributed by atoms with Crippen LogP contribution in [0.5, 0.6) is 0 Å². The predicted molar refractivity (Wildman–Crippen MR) is 48.1 cm³/mol. The third-order valence-corrected chi connectivity index (χ3v) is 1.79. The summed E-state index contributed by atoms with van der Waals surface area (Å²) in [5.74, 6) is 1.55. The molecule has 0 aliphatic rings. The number of aryl methyl sites for hydroxylation is 1. The van der Waals surface area contributed by atoms with E-state index in [0.29, 0.717) is 5.76 Å². The first-order valence-corrected chi connectivity index (χ1v) is 3.94. The van der Waals surface area contributed by atoms with Crippen LogP contribution in [0.2, 0.25) is 0 Å². The number of hydrogen-bond acceptors (Lipinski definition) is 5. The molecule has 5 nitrogen and oxygen atoms in total. The minimum Gasteiger partial charge on any atom is -0.458 e. The van der Waals surface area contributed by atoms with Gasteiger partial charge in [-0.2, -0.15) is 5.26 Å². The molecule has 14 heavy (non-hydrogen) atoms. The zero-order valence-electron chi connectivity index (χ0n) is 7.44. The smallest absolute Gasteiger partial charge is 0.222 e. The number of furan rings is 1. The van der Waals surface area contributed by atoms with Gasteiger partial charge in [-0.1, -0.05) is 5.16 Å². The average molecular weight is 189 g/mol. The van der Waals surface area contributed by atoms with E-state index >= 15 is 0 Å². The van der Waals surface area contributed by atoms with Gasteiger partial charge in [0.25, 0.3) is 0 Å². The normalized spacial score (nSPS) is 10.0. The fraction of sp³-hybridized carbons (Fsp3) is 0.111. The molecule has 0 radical (unpaired) electrons. The summed E-state index contributed by atoms with van der Waals surface area (Å²) in [6.45, 7) is 1.80. The third kappa shape index (κ3) is 1.13. The molecule has 0 saturated heterocycles. The number of nitrogens with zero attached hydrogens (tertiary/aromatic N) is 2. The van der Waals surface area contributed by atoms with Crippen LogP contribution in [0, 0.1) is 18.3 Å². The maximum atomic E-state index is 8.78. The molecule has 0 atom stereocenters. The summed E-state index contributed by atoms with van der Waals surface area (Å²) in [6.07, 6.45) is 0. The lowest BCUT2D eigenvalue weighted by atomic mass is 10.2. The van der Waals surface area contributed by atoms with Crippen molar-refractivity contribution in [2.75, 3.05) is 5.73 Å². The predicted octanol–water partition coefficient (Wildman–Crippen LogP) is 1.70. The van der Waals surface area contributed by atoms with Crippen molar-refractivity contribution in [3.05, 3.63) is 23.5 Å². The highest BCUT2D eigenvalue weighted by atomic mass is 16.5. The van der Waals surface area contributed by atoms with Crippen LogP contribution in [0.1, 0.15) is 11.3 Å². The van der Waals surface area contributed by atoms with Gasteiger partial charge in [-0.3, -0.25) is 0 Å². The highest BCUT2D eigenvalue weighted by Gasteiger charge is 2.17. The summed E-state index contributed by atoms with van der Waals surface area (Å²) in [4.78, 5) is 0. The van der Waals surface area contributed by atoms with Crippen LogP contribution in [0.4, 0.5) is 5.82 Å². The van der Waals surface area contributed by atoms with E-state index in [9.17, 15) is 0 Å². The molecule has 2 aromatic rings. The fourth-order valence-electron chi connectivity index (χ4n) is 1.14. The van der Waals surface area contributed by atoms with E-state index in [0.717, 1.165) is 5.76 Å². The number of hydrogen-bond donors (Lipinski definition) is 1. The molecular formula is C9H7N3O2. The molecule has 0 aliphatic carbocycles. The standard InChI is InChI=1S/C9H7N3O2/c1-5-2-3-7(13-5)8-6(4-10)9(11)12-14-8/h2-3H,1H3,(H2,11,12). The summed E-state index contributed by atoms with van der Waals surface area (Å²) in [5.41, 5.74) is 5.63. The largest absolute Gasteiger partial charge is 0.458 e. The van der Waals surface area contributed by atoms with Crippen LogP contribution in [0.15, 0.2) is 21.1 Å². The molecular weight excluding hydrogens is 182 g/mol. The van der Waals surface area contributed by atoms with Gasteiger partial charge in [-0.05, 0) is 19.1 Å². The average Bonchev–Trinajstić information content (AvgIpc) is 2.71. The van der Waals surface area contributed by atoms with Gasteiger partial charge >= 0.3 is 0 Å². The Balaban J connectivity index is 2.58. The van der Waals surface area contributed by atoms with Gasteiger partial charge in [0, 0.05) is 0 Å². The molecule has 2 rings (SSSR count). The molecule has 0 amide bonds. The zero-order chi connectivity index (χ0) is 10.1. The molecule has 2 N–H and O–H groups in total. The quantitative estimate of drug-likeness (QED) is 0.737. The Morgan fingerprint density at radius 3 is 2.86 bits per heavy atom. The molecule has 0 aliphatic heterocycles. The van der Waals surface area contributed by atoms with Crippen LogP contribution < -0.4 is 5.73 Å². The van der Waals surface area contributed by atoms with E-state index in [1.54, 1.807) is 19.1 Å². The third-order valence-electron chi connectivity index (χ3n) is 1.79. The van der Waals surface area contributed by atoms with Crippen molar-refractivity contribution in [3.8, 4) is 17.6 Å². The van der Waals surface area contributed by atoms with Gasteiger partial charge in [-0.25, -0.2) is 0 Å². The van der Waals surface area contributed by atoms with Gasteiger partial charge < -0.3 is 14.7 Å². The van der Waals surface area contributed by atoms with E-state index in [1.165, 1.54) is 0 Å². The van der Waals surface area contributed by atoms with Crippen molar-refractivity contribution in [2.45, 2.75) is 6.92 Å². The van der Waals surface area contributed by atoms with Crippen LogP contribution in [-0.4, -0.2) is 5.16 Å². The second-order valence-corrected chi connectivity index (χ2v) is 2.79. The van der Waals surface area contributed by atoms with Gasteiger partial charge in [0.15, 0.2) is 11.6 Å². The van der Waals surface area contributed by atoms with Gasteiger partial charge in [-0.15, -0.1) is 0 Å². The van der Waals surface area contributed by atoms with Gasteiger partial charge in [0.2, 0.25) is 5.76 Å². The summed E-state index contributed by atoms with van der Waals surface area (Å²) >= 11 is 0. The van der Waals surface area contributed by atoms with Crippen molar-refractivity contribution in [1.29, 1.82) is 5.26 Å². The van der Waals surface area contributed by atoms with Gasteiger partial charge in [0.05, 0.1) is 0 Å². The molecule has 5 heteroatoms. The minimum atomic E-state index is 0.0801. The molecule has 2 heterocycles. The molecule has 70 valence electrons. The lowest BCUT2D eigenvalue weighted by molar-refractivity contribution is 0.418. The number of nitrogens with two attached hydrogens (primary N) is 1. The molecule has 0 bridgehead atoms. The summed E-state index contributed by atoms with van der Waals surface area (Å²) in [7, 11) is 0. The van der Waals surface area contributed by atoms with Crippen molar-refractivity contribution in [3.63, 3.8) is 0 Å². The first-order chi connectivity index (χ1) is 6.72. The number of nitriles is 1. The lowest BCUT2D eigenvalue weighted by Gasteiger charge is -1.88. The lowest BCUT2D eigenvalue weighted by Crippen LogP contribution is -1.87. The Morgan fingerprint density at radius 1 is 1.50 bits per heavy atom. The van der Waals surface area contributed by atoms with E-state index in [2.05, 4.69) is 5.16 Å². The Kier molecular flexibility index (Phi) is 1.75. The van der Waals surface area contributed by atoms with Crippen molar-refractivity contribution < 1.29 is 8.94 Å². The van der Waals surface area contributed by atoms with Crippen molar-refractivity contribution in [2.24, 2.45) is 0 Å². The first kappa shape index (κ1) is 8.38. The van der Waals surface area contributed by atoms with Crippen molar-refractivity contribution >= 4 is 5.82 Å². The number of aromatic nitrogens is 1.